The molecule has 0 saturated heterocycles. The second-order valence-corrected chi connectivity index (χ2v) is 3.77. The van der Waals surface area contributed by atoms with Crippen molar-refractivity contribution >= 4 is 22.0 Å². The van der Waals surface area contributed by atoms with Crippen LogP contribution in [0.4, 0.5) is 5.69 Å². The number of phenolic OH excluding ortho intramolecular Hbond substituents is 1. The Balaban J connectivity index is 2.56. The molecule has 0 bridgehead atoms. The highest BCUT2D eigenvalue weighted by Gasteiger charge is 2.07. The smallest absolute Gasteiger partial charge is 0.150 e. The Hall–Kier alpha value is -2.56. The summed E-state index contributed by atoms with van der Waals surface area (Å²) >= 11 is 0. The van der Waals surface area contributed by atoms with Gasteiger partial charge in [-0.3, -0.25) is 0 Å². The topological polar surface area (TPSA) is 77.1 Å². The molecule has 0 saturated carbocycles. The molecule has 1 N–H and O–H groups in total. The van der Waals surface area contributed by atoms with Crippen LogP contribution in [-0.4, -0.2) is 9.51 Å². The van der Waals surface area contributed by atoms with Crippen LogP contribution in [-0.2, 0) is 0 Å². The van der Waals surface area contributed by atoms with E-state index in [9.17, 15) is 15.1 Å². The van der Waals surface area contributed by atoms with E-state index in [0.29, 0.717) is 16.3 Å². The van der Waals surface area contributed by atoms with Gasteiger partial charge in [0.05, 0.1) is 0 Å². The Morgan fingerprint density at radius 1 is 1.24 bits per heavy atom. The summed E-state index contributed by atoms with van der Waals surface area (Å²) in [5.41, 5.74) is 0.415. The predicted molar refractivity (Wildman–Crippen MR) is 61.5 cm³/mol. The minimum absolute atomic E-state index is 0.0637. The van der Waals surface area contributed by atoms with E-state index in [0.717, 1.165) is 0 Å². The third kappa shape index (κ3) is 1.25. The largest absolute Gasteiger partial charge is 0.871 e. The number of fused-ring (bicyclic) bond motifs is 3. The number of aromatic hydroxyl groups is 1. The molecule has 0 aliphatic carbocycles. The number of aromatic nitrogens is 1. The van der Waals surface area contributed by atoms with Crippen molar-refractivity contribution in [2.45, 2.75) is 0 Å². The summed E-state index contributed by atoms with van der Waals surface area (Å²) in [6.45, 7) is 0. The van der Waals surface area contributed by atoms with Crippen LogP contribution < -0.4 is 5.11 Å². The summed E-state index contributed by atoms with van der Waals surface area (Å²) in [5.74, 6) is -0.311. The van der Waals surface area contributed by atoms with E-state index in [1.807, 2.05) is 0 Å². The molecule has 84 valence electrons. The fourth-order valence-corrected chi connectivity index (χ4v) is 1.99. The molecule has 0 unspecified atom stereocenters. The number of hydrogen-bond donors (Lipinski definition) is 1. The Kier molecular flexibility index (Phi) is 1.82. The summed E-state index contributed by atoms with van der Waals surface area (Å²) < 4.78 is 1.68. The molecule has 2 heterocycles. The lowest BCUT2D eigenvalue weighted by molar-refractivity contribution is -0.265. The normalized spacial score (nSPS) is 11.1. The molecule has 2 aromatic heterocycles. The van der Waals surface area contributed by atoms with Crippen LogP contribution >= 0.6 is 0 Å². The van der Waals surface area contributed by atoms with Gasteiger partial charge in [0.1, 0.15) is 11.4 Å². The van der Waals surface area contributed by atoms with Gasteiger partial charge >= 0.3 is 0 Å². The van der Waals surface area contributed by atoms with Crippen LogP contribution in [0, 0.1) is 4.91 Å². The van der Waals surface area contributed by atoms with Crippen molar-refractivity contribution in [2.24, 2.45) is 5.18 Å². The molecule has 0 amide bonds. The van der Waals surface area contributed by atoms with Crippen LogP contribution in [0.5, 0.6) is 11.5 Å². The van der Waals surface area contributed by atoms with Gasteiger partial charge < -0.3 is 14.6 Å². The van der Waals surface area contributed by atoms with Crippen molar-refractivity contribution in [3.05, 3.63) is 41.6 Å². The van der Waals surface area contributed by atoms with Crippen molar-refractivity contribution in [3.8, 4) is 11.5 Å². The Bertz CT molecular complexity index is 746. The lowest BCUT2D eigenvalue weighted by atomic mass is 10.1. The summed E-state index contributed by atoms with van der Waals surface area (Å²) in [6, 6.07) is 6.07. The summed E-state index contributed by atoms with van der Waals surface area (Å²) in [6.07, 6.45) is 3.38. The summed E-state index contributed by atoms with van der Waals surface area (Å²) in [4.78, 5) is 10.5. The molecule has 3 rings (SSSR count). The van der Waals surface area contributed by atoms with Gasteiger partial charge in [0.25, 0.3) is 0 Å². The van der Waals surface area contributed by atoms with E-state index in [4.69, 9.17) is 0 Å². The molecule has 0 radical (unpaired) electrons. The summed E-state index contributed by atoms with van der Waals surface area (Å²) in [5, 5.41) is 25.2. The third-order valence-electron chi connectivity index (χ3n) is 2.79. The van der Waals surface area contributed by atoms with Crippen molar-refractivity contribution in [3.63, 3.8) is 0 Å². The zero-order chi connectivity index (χ0) is 12.0. The number of nitrogens with zero attached hydrogens (tertiary/aromatic N) is 2. The second-order valence-electron chi connectivity index (χ2n) is 3.77. The number of nitroso groups, excluding NO2 is 1. The van der Waals surface area contributed by atoms with Gasteiger partial charge in [-0.25, -0.2) is 0 Å². The highest BCUT2D eigenvalue weighted by Crippen LogP contribution is 2.35. The number of rotatable bonds is 1. The van der Waals surface area contributed by atoms with Gasteiger partial charge in [0, 0.05) is 23.3 Å². The first-order valence-corrected chi connectivity index (χ1v) is 4.97. The molecule has 0 atom stereocenters. The maximum Gasteiger partial charge on any atom is 0.150 e. The minimum Gasteiger partial charge on any atom is -0.871 e. The first-order chi connectivity index (χ1) is 8.20. The maximum atomic E-state index is 11.7. The fraction of sp³-hybridized carbons (Fsp3) is 0. The van der Waals surface area contributed by atoms with Gasteiger partial charge in [-0.2, -0.15) is 0 Å². The number of pyridine rings is 1. The van der Waals surface area contributed by atoms with E-state index < -0.39 is 0 Å². The summed E-state index contributed by atoms with van der Waals surface area (Å²) in [7, 11) is 0. The van der Waals surface area contributed by atoms with Gasteiger partial charge in [0.15, 0.2) is 0 Å². The number of phenols is 1. The van der Waals surface area contributed by atoms with E-state index in [1.54, 1.807) is 22.9 Å². The molecule has 0 aliphatic rings. The molecule has 0 aliphatic heterocycles. The van der Waals surface area contributed by atoms with Gasteiger partial charge in [-0.1, -0.05) is 11.8 Å². The van der Waals surface area contributed by atoms with Gasteiger partial charge in [-0.05, 0) is 28.8 Å². The molecular weight excluding hydrogens is 220 g/mol. The van der Waals surface area contributed by atoms with Crippen molar-refractivity contribution in [2.75, 3.05) is 0 Å². The predicted octanol–water partition coefficient (Wildman–Crippen LogP) is 2.27. The molecule has 0 fully saturated rings. The lowest BCUT2D eigenvalue weighted by Crippen LogP contribution is -1.90. The molecule has 3 aromatic rings. The zero-order valence-corrected chi connectivity index (χ0v) is 8.62. The van der Waals surface area contributed by atoms with Crippen LogP contribution in [0.15, 0.2) is 41.8 Å². The van der Waals surface area contributed by atoms with Crippen LogP contribution in [0.3, 0.4) is 0 Å². The van der Waals surface area contributed by atoms with E-state index >= 15 is 0 Å². The average molecular weight is 227 g/mol. The second kappa shape index (κ2) is 3.21. The monoisotopic (exact) mass is 227 g/mol. The minimum atomic E-state index is -0.184. The van der Waals surface area contributed by atoms with E-state index in [-0.39, 0.29) is 17.2 Å². The van der Waals surface area contributed by atoms with E-state index in [1.165, 1.54) is 18.2 Å². The third-order valence-corrected chi connectivity index (χ3v) is 2.79. The number of hydrogen-bond acceptors (Lipinski definition) is 4. The molecule has 0 spiro atoms. The van der Waals surface area contributed by atoms with Crippen LogP contribution in [0.25, 0.3) is 16.3 Å². The first-order valence-electron chi connectivity index (χ1n) is 4.97. The van der Waals surface area contributed by atoms with Crippen molar-refractivity contribution in [1.29, 1.82) is 0 Å². The Labute approximate surface area is 95.5 Å². The fourth-order valence-electron chi connectivity index (χ4n) is 1.99. The van der Waals surface area contributed by atoms with Crippen LogP contribution in [0.2, 0.25) is 0 Å². The number of benzene rings is 1. The molecular formula is C12H7N2O3-. The highest BCUT2D eigenvalue weighted by atomic mass is 16.3. The molecule has 5 heteroatoms. The first kappa shape index (κ1) is 9.65. The molecule has 17 heavy (non-hydrogen) atoms. The van der Waals surface area contributed by atoms with Gasteiger partial charge in [-0.15, -0.1) is 4.91 Å². The van der Waals surface area contributed by atoms with E-state index in [2.05, 4.69) is 5.18 Å². The zero-order valence-electron chi connectivity index (χ0n) is 8.62. The average Bonchev–Trinajstić information content (AvgIpc) is 2.70. The maximum absolute atomic E-state index is 11.7. The highest BCUT2D eigenvalue weighted by molar-refractivity contribution is 6.01. The quantitative estimate of drug-likeness (QED) is 0.648. The van der Waals surface area contributed by atoms with Gasteiger partial charge in [0.2, 0.25) is 0 Å². The lowest BCUT2D eigenvalue weighted by Gasteiger charge is -2.08. The van der Waals surface area contributed by atoms with Crippen molar-refractivity contribution in [1.82, 2.24) is 4.40 Å². The van der Waals surface area contributed by atoms with Crippen LogP contribution in [0.1, 0.15) is 0 Å². The Morgan fingerprint density at radius 3 is 2.76 bits per heavy atom. The Morgan fingerprint density at radius 2 is 2.00 bits per heavy atom. The standard InChI is InChI=1S/C12H8N2O3/c15-10-2-4-14-3-1-7-5-11(16)9(13-17)6-8(7)12(10)14/h1-6,15-16H/p-1. The molecule has 1 aromatic carbocycles. The molecule has 5 nitrogen and oxygen atoms in total. The van der Waals surface area contributed by atoms with Crippen molar-refractivity contribution < 1.29 is 10.2 Å². The SMILES string of the molecule is O=Nc1cc2c(ccn3ccc([O-])c23)cc1O.